The molecule has 3 rings (SSSR count). The van der Waals surface area contributed by atoms with Crippen molar-refractivity contribution >= 4 is 33.7 Å². The van der Waals surface area contributed by atoms with E-state index in [1.807, 2.05) is 36.4 Å². The number of hydrogen-bond donors (Lipinski definition) is 0. The van der Waals surface area contributed by atoms with Crippen molar-refractivity contribution in [1.82, 2.24) is 14.8 Å². The highest BCUT2D eigenvalue weighted by atomic mass is 79.9. The highest BCUT2D eigenvalue weighted by molar-refractivity contribution is 9.10. The van der Waals surface area contributed by atoms with Crippen molar-refractivity contribution in [2.45, 2.75) is 17.7 Å². The van der Waals surface area contributed by atoms with Crippen molar-refractivity contribution in [1.29, 1.82) is 0 Å². The summed E-state index contributed by atoms with van der Waals surface area (Å²) in [7, 11) is 0. The highest BCUT2D eigenvalue weighted by Gasteiger charge is 2.20. The molecule has 0 radical (unpaired) electrons. The van der Waals surface area contributed by atoms with Gasteiger partial charge >= 0.3 is 5.97 Å². The number of nitrogens with zero attached hydrogens (tertiary/aromatic N) is 3. The number of hydrogen-bond acceptors (Lipinski definition) is 5. The third kappa shape index (κ3) is 4.29. The molecule has 0 aliphatic rings. The van der Waals surface area contributed by atoms with Crippen molar-refractivity contribution < 1.29 is 9.53 Å². The van der Waals surface area contributed by atoms with Crippen molar-refractivity contribution in [2.75, 3.05) is 6.61 Å². The first kappa shape index (κ1) is 17.7. The minimum absolute atomic E-state index is 0.321. The maximum Gasteiger partial charge on any atom is 0.342 e. The summed E-state index contributed by atoms with van der Waals surface area (Å²) in [6.45, 7) is 2.11. The van der Waals surface area contributed by atoms with E-state index in [1.165, 1.54) is 18.0 Å². The lowest BCUT2D eigenvalue weighted by Gasteiger charge is -2.09. The number of benzene rings is 1. The third-order valence-corrected chi connectivity index (χ3v) is 4.94. The predicted octanol–water partition coefficient (Wildman–Crippen LogP) is 4.50. The Labute approximate surface area is 158 Å². The zero-order valence-corrected chi connectivity index (χ0v) is 16.0. The fourth-order valence-electron chi connectivity index (χ4n) is 2.23. The van der Waals surface area contributed by atoms with Gasteiger partial charge in [0.2, 0.25) is 0 Å². The Bertz CT molecular complexity index is 868. The number of carbonyl (C=O) groups excluding carboxylic acids is 1. The number of pyridine rings is 1. The quantitative estimate of drug-likeness (QED) is 0.335. The first-order chi connectivity index (χ1) is 12.2. The Hall–Kier alpha value is -2.12. The van der Waals surface area contributed by atoms with Gasteiger partial charge in [0.25, 0.3) is 0 Å². The van der Waals surface area contributed by atoms with Crippen molar-refractivity contribution in [3.05, 3.63) is 70.5 Å². The largest absolute Gasteiger partial charge is 0.462 e. The summed E-state index contributed by atoms with van der Waals surface area (Å²) in [6, 6.07) is 15.6. The minimum atomic E-state index is -0.376. The number of halogens is 1. The molecule has 0 saturated heterocycles. The van der Waals surface area contributed by atoms with Crippen LogP contribution in [0.4, 0.5) is 0 Å². The number of aromatic nitrogens is 3. The Balaban J connectivity index is 1.96. The lowest BCUT2D eigenvalue weighted by Crippen LogP contribution is -2.07. The van der Waals surface area contributed by atoms with Gasteiger partial charge in [-0.25, -0.2) is 14.5 Å². The second-order valence-corrected chi connectivity index (χ2v) is 6.86. The van der Waals surface area contributed by atoms with Crippen LogP contribution in [-0.2, 0) is 10.5 Å². The van der Waals surface area contributed by atoms with Gasteiger partial charge in [-0.3, -0.25) is 0 Å². The summed E-state index contributed by atoms with van der Waals surface area (Å²) in [5.74, 6) is 0.979. The van der Waals surface area contributed by atoms with E-state index in [-0.39, 0.29) is 5.97 Å². The second-order valence-electron chi connectivity index (χ2n) is 5.09. The molecule has 5 nitrogen and oxygen atoms in total. The molecule has 0 saturated carbocycles. The maximum absolute atomic E-state index is 12.3. The van der Waals surface area contributed by atoms with Gasteiger partial charge in [-0.2, -0.15) is 5.10 Å². The Kier molecular flexibility index (Phi) is 5.88. The van der Waals surface area contributed by atoms with Gasteiger partial charge < -0.3 is 4.74 Å². The second kappa shape index (κ2) is 8.31. The number of rotatable bonds is 6. The van der Waals surface area contributed by atoms with Gasteiger partial charge in [0.05, 0.1) is 12.8 Å². The number of thioether (sulfide) groups is 1. The van der Waals surface area contributed by atoms with Crippen LogP contribution in [0.2, 0.25) is 0 Å². The zero-order valence-electron chi connectivity index (χ0n) is 13.6. The standard InChI is InChI=1S/C18H16BrN3O2S/c1-2-24-18(23)14-11-20-22(16-10-6-9-15(19)21-16)17(14)25-12-13-7-4-3-5-8-13/h3-11H,2,12H2,1H3. The summed E-state index contributed by atoms with van der Waals surface area (Å²) in [4.78, 5) is 16.7. The molecule has 0 aliphatic carbocycles. The van der Waals surface area contributed by atoms with Crippen LogP contribution in [0.5, 0.6) is 0 Å². The molecular formula is C18H16BrN3O2S. The van der Waals surface area contributed by atoms with E-state index in [0.29, 0.717) is 33.4 Å². The van der Waals surface area contributed by atoms with Crippen molar-refractivity contribution in [3.63, 3.8) is 0 Å². The van der Waals surface area contributed by atoms with E-state index in [1.54, 1.807) is 11.6 Å². The van der Waals surface area contributed by atoms with Crippen molar-refractivity contribution in [2.24, 2.45) is 0 Å². The number of ether oxygens (including phenoxy) is 1. The van der Waals surface area contributed by atoms with Gasteiger partial charge in [-0.15, -0.1) is 11.8 Å². The summed E-state index contributed by atoms with van der Waals surface area (Å²) in [5, 5.41) is 5.07. The van der Waals surface area contributed by atoms with Crippen LogP contribution in [0.25, 0.3) is 5.82 Å². The van der Waals surface area contributed by atoms with E-state index < -0.39 is 0 Å². The molecule has 0 amide bonds. The first-order valence-electron chi connectivity index (χ1n) is 7.74. The van der Waals surface area contributed by atoms with Crippen LogP contribution in [-0.4, -0.2) is 27.3 Å². The molecule has 0 fully saturated rings. The lowest BCUT2D eigenvalue weighted by atomic mass is 10.2. The Morgan fingerprint density at radius 2 is 2.00 bits per heavy atom. The van der Waals surface area contributed by atoms with Crippen molar-refractivity contribution in [3.8, 4) is 5.82 Å². The Morgan fingerprint density at radius 3 is 2.72 bits per heavy atom. The third-order valence-electron chi connectivity index (χ3n) is 3.36. The lowest BCUT2D eigenvalue weighted by molar-refractivity contribution is 0.0522. The summed E-state index contributed by atoms with van der Waals surface area (Å²) in [6.07, 6.45) is 1.54. The molecule has 0 atom stereocenters. The van der Waals surface area contributed by atoms with Crippen LogP contribution < -0.4 is 0 Å². The molecule has 0 N–H and O–H groups in total. The van der Waals surface area contributed by atoms with E-state index in [2.05, 4.69) is 38.1 Å². The van der Waals surface area contributed by atoms with E-state index >= 15 is 0 Å². The van der Waals surface area contributed by atoms with Gasteiger partial charge in [-0.1, -0.05) is 36.4 Å². The van der Waals surface area contributed by atoms with Crippen LogP contribution in [0.1, 0.15) is 22.8 Å². The SMILES string of the molecule is CCOC(=O)c1cnn(-c2cccc(Br)n2)c1SCc1ccccc1. The van der Waals surface area contributed by atoms with Gasteiger partial charge in [0.15, 0.2) is 5.82 Å². The maximum atomic E-state index is 12.3. The fraction of sp³-hybridized carbons (Fsp3) is 0.167. The number of carbonyl (C=O) groups is 1. The zero-order chi connectivity index (χ0) is 17.6. The summed E-state index contributed by atoms with van der Waals surface area (Å²) >= 11 is 4.90. The average molecular weight is 418 g/mol. The van der Waals surface area contributed by atoms with Crippen LogP contribution in [0, 0.1) is 0 Å². The summed E-state index contributed by atoms with van der Waals surface area (Å²) < 4.78 is 7.54. The van der Waals surface area contributed by atoms with Crippen LogP contribution in [0.15, 0.2) is 64.4 Å². The average Bonchev–Trinajstić information content (AvgIpc) is 3.05. The normalized spacial score (nSPS) is 10.6. The summed E-state index contributed by atoms with van der Waals surface area (Å²) in [5.41, 5.74) is 1.61. The van der Waals surface area contributed by atoms with E-state index in [9.17, 15) is 4.79 Å². The van der Waals surface area contributed by atoms with E-state index in [4.69, 9.17) is 4.74 Å². The molecule has 1 aromatic carbocycles. The molecule has 3 aromatic rings. The Morgan fingerprint density at radius 1 is 1.20 bits per heavy atom. The fourth-order valence-corrected chi connectivity index (χ4v) is 3.61. The van der Waals surface area contributed by atoms with Gasteiger partial charge in [0.1, 0.15) is 15.2 Å². The van der Waals surface area contributed by atoms with Crippen LogP contribution >= 0.6 is 27.7 Å². The number of esters is 1. The topological polar surface area (TPSA) is 57.0 Å². The smallest absolute Gasteiger partial charge is 0.342 e. The minimum Gasteiger partial charge on any atom is -0.462 e. The monoisotopic (exact) mass is 417 g/mol. The molecule has 0 bridgehead atoms. The molecule has 0 unspecified atom stereocenters. The van der Waals surface area contributed by atoms with E-state index in [0.717, 1.165) is 5.56 Å². The van der Waals surface area contributed by atoms with Gasteiger partial charge in [-0.05, 0) is 40.5 Å². The molecule has 0 spiro atoms. The molecule has 0 aliphatic heterocycles. The molecule has 7 heteroatoms. The molecule has 2 heterocycles. The first-order valence-corrected chi connectivity index (χ1v) is 9.51. The molecule has 2 aromatic heterocycles. The molecular weight excluding hydrogens is 402 g/mol. The predicted molar refractivity (Wildman–Crippen MR) is 101 cm³/mol. The van der Waals surface area contributed by atoms with Crippen LogP contribution in [0.3, 0.4) is 0 Å². The highest BCUT2D eigenvalue weighted by Crippen LogP contribution is 2.29. The molecule has 128 valence electrons. The molecule has 25 heavy (non-hydrogen) atoms. The van der Waals surface area contributed by atoms with Gasteiger partial charge in [0, 0.05) is 5.75 Å².